The molecule has 0 amide bonds. The molecule has 5 heteroatoms. The van der Waals surface area contributed by atoms with Crippen LogP contribution in [0.4, 0.5) is 5.69 Å². The largest absolute Gasteiger partial charge is 0.493 e. The molecule has 0 atom stereocenters. The molecule has 0 aliphatic carbocycles. The number of benzene rings is 1. The van der Waals surface area contributed by atoms with Crippen LogP contribution < -0.4 is 14.4 Å². The molecule has 21 heavy (non-hydrogen) atoms. The molecule has 1 heterocycles. The summed E-state index contributed by atoms with van der Waals surface area (Å²) in [4.78, 5) is 15.9. The molecule has 1 aliphatic heterocycles. The zero-order valence-corrected chi connectivity index (χ0v) is 13.3. The summed E-state index contributed by atoms with van der Waals surface area (Å²) in [6, 6.07) is 4.26. The maximum atomic E-state index is 11.4. The van der Waals surface area contributed by atoms with Gasteiger partial charge >= 0.3 is 0 Å². The highest BCUT2D eigenvalue weighted by molar-refractivity contribution is 5.86. The second-order valence-electron chi connectivity index (χ2n) is 5.57. The maximum Gasteiger partial charge on any atom is 0.162 e. The van der Waals surface area contributed by atoms with E-state index in [0.717, 1.165) is 37.9 Å². The van der Waals surface area contributed by atoms with Gasteiger partial charge in [0.1, 0.15) is 0 Å². The highest BCUT2D eigenvalue weighted by Crippen LogP contribution is 2.35. The van der Waals surface area contributed by atoms with Gasteiger partial charge in [0.15, 0.2) is 17.8 Å². The van der Waals surface area contributed by atoms with E-state index in [4.69, 9.17) is 9.47 Å². The van der Waals surface area contributed by atoms with Crippen molar-refractivity contribution in [2.75, 3.05) is 46.3 Å². The highest BCUT2D eigenvalue weighted by atomic mass is 16.5. The molecular weight excluding hydrogens is 268 g/mol. The second kappa shape index (κ2) is 6.80. The van der Waals surface area contributed by atoms with Crippen molar-refractivity contribution in [1.29, 1.82) is 0 Å². The third kappa shape index (κ3) is 3.29. The molecule has 0 radical (unpaired) electrons. The van der Waals surface area contributed by atoms with E-state index in [2.05, 4.69) is 23.9 Å². The van der Waals surface area contributed by atoms with Gasteiger partial charge in [-0.2, -0.15) is 0 Å². The van der Waals surface area contributed by atoms with Gasteiger partial charge in [0, 0.05) is 30.8 Å². The number of rotatable bonds is 5. The minimum absolute atomic E-state index is 0.589. The van der Waals surface area contributed by atoms with Crippen LogP contribution in [0.25, 0.3) is 0 Å². The predicted molar refractivity (Wildman–Crippen MR) is 83.9 cm³/mol. The lowest BCUT2D eigenvalue weighted by Gasteiger charge is -2.37. The van der Waals surface area contributed by atoms with E-state index in [1.807, 2.05) is 6.07 Å². The number of methoxy groups -OCH3 is 2. The average molecular weight is 292 g/mol. The van der Waals surface area contributed by atoms with Crippen molar-refractivity contribution in [2.45, 2.75) is 18.9 Å². The molecule has 1 aliphatic rings. The summed E-state index contributed by atoms with van der Waals surface area (Å²) in [5.41, 5.74) is 1.58. The fourth-order valence-electron chi connectivity index (χ4n) is 2.88. The van der Waals surface area contributed by atoms with Crippen LogP contribution in [-0.4, -0.2) is 58.6 Å². The first-order valence-corrected chi connectivity index (χ1v) is 7.23. The number of carbonyl (C=O) groups excluding carboxylic acids is 1. The minimum atomic E-state index is 0.589. The summed E-state index contributed by atoms with van der Waals surface area (Å²) in [5, 5.41) is 0. The van der Waals surface area contributed by atoms with Gasteiger partial charge < -0.3 is 19.3 Å². The molecule has 1 saturated heterocycles. The Morgan fingerprint density at radius 3 is 2.19 bits per heavy atom. The number of piperidine rings is 1. The molecule has 1 aromatic rings. The number of hydrogen-bond donors (Lipinski definition) is 0. The summed E-state index contributed by atoms with van der Waals surface area (Å²) >= 11 is 0. The van der Waals surface area contributed by atoms with Gasteiger partial charge in [0.05, 0.1) is 19.9 Å². The van der Waals surface area contributed by atoms with E-state index in [-0.39, 0.29) is 0 Å². The summed E-state index contributed by atoms with van der Waals surface area (Å²) in [6.45, 7) is 1.89. The van der Waals surface area contributed by atoms with Crippen molar-refractivity contribution in [1.82, 2.24) is 4.90 Å². The van der Waals surface area contributed by atoms with Crippen LogP contribution in [0.1, 0.15) is 23.2 Å². The van der Waals surface area contributed by atoms with Gasteiger partial charge in [-0.25, -0.2) is 0 Å². The van der Waals surface area contributed by atoms with Gasteiger partial charge in [-0.3, -0.25) is 4.79 Å². The van der Waals surface area contributed by atoms with Crippen LogP contribution in [0.15, 0.2) is 12.1 Å². The summed E-state index contributed by atoms with van der Waals surface area (Å²) in [7, 11) is 7.43. The third-order valence-electron chi connectivity index (χ3n) is 4.20. The van der Waals surface area contributed by atoms with Crippen molar-refractivity contribution in [3.8, 4) is 11.5 Å². The van der Waals surface area contributed by atoms with E-state index < -0.39 is 0 Å². The molecule has 5 nitrogen and oxygen atoms in total. The molecule has 2 rings (SSSR count). The Labute approximate surface area is 126 Å². The Bertz CT molecular complexity index is 495. The first-order valence-electron chi connectivity index (χ1n) is 7.23. The topological polar surface area (TPSA) is 42.0 Å². The van der Waals surface area contributed by atoms with E-state index >= 15 is 0 Å². The Balaban J connectivity index is 2.25. The molecule has 0 saturated carbocycles. The fourth-order valence-corrected chi connectivity index (χ4v) is 2.88. The molecule has 0 N–H and O–H groups in total. The van der Waals surface area contributed by atoms with Crippen LogP contribution in [0.3, 0.4) is 0 Å². The quantitative estimate of drug-likeness (QED) is 0.777. The molecule has 0 aromatic heterocycles. The number of carbonyl (C=O) groups is 1. The SMILES string of the molecule is COc1cc(C=O)c(N2CCC(N(C)C)CC2)cc1OC. The molecule has 1 fully saturated rings. The summed E-state index contributed by atoms with van der Waals surface area (Å²) in [5.74, 6) is 1.25. The van der Waals surface area contributed by atoms with Crippen molar-refractivity contribution < 1.29 is 14.3 Å². The van der Waals surface area contributed by atoms with E-state index in [0.29, 0.717) is 23.1 Å². The average Bonchev–Trinajstić information content (AvgIpc) is 2.53. The minimum Gasteiger partial charge on any atom is -0.493 e. The number of anilines is 1. The third-order valence-corrected chi connectivity index (χ3v) is 4.20. The summed E-state index contributed by atoms with van der Waals surface area (Å²) < 4.78 is 10.6. The van der Waals surface area contributed by atoms with Crippen LogP contribution >= 0.6 is 0 Å². The lowest BCUT2D eigenvalue weighted by Crippen LogP contribution is -2.42. The number of hydrogen-bond acceptors (Lipinski definition) is 5. The first kappa shape index (κ1) is 15.6. The fraction of sp³-hybridized carbons (Fsp3) is 0.562. The summed E-state index contributed by atoms with van der Waals surface area (Å²) in [6.07, 6.45) is 3.08. The van der Waals surface area contributed by atoms with Gasteiger partial charge in [-0.1, -0.05) is 0 Å². The normalized spacial score (nSPS) is 16.1. The Kier molecular flexibility index (Phi) is 5.07. The van der Waals surface area contributed by atoms with Gasteiger partial charge in [0.2, 0.25) is 0 Å². The van der Waals surface area contributed by atoms with Crippen LogP contribution in [0.5, 0.6) is 11.5 Å². The van der Waals surface area contributed by atoms with Gasteiger partial charge in [-0.05, 0) is 33.0 Å². The monoisotopic (exact) mass is 292 g/mol. The molecule has 0 unspecified atom stereocenters. The Hall–Kier alpha value is -1.75. The number of ether oxygens (including phenoxy) is 2. The lowest BCUT2D eigenvalue weighted by atomic mass is 10.0. The van der Waals surface area contributed by atoms with E-state index in [1.54, 1.807) is 20.3 Å². The van der Waals surface area contributed by atoms with Crippen molar-refractivity contribution in [3.63, 3.8) is 0 Å². The standard InChI is InChI=1S/C16H24N2O3/c1-17(2)13-5-7-18(8-6-13)14-10-16(21-4)15(20-3)9-12(14)11-19/h9-11,13H,5-8H2,1-4H3. The van der Waals surface area contributed by atoms with Crippen LogP contribution in [0.2, 0.25) is 0 Å². The number of nitrogens with zero attached hydrogens (tertiary/aromatic N) is 2. The molecule has 0 spiro atoms. The molecule has 1 aromatic carbocycles. The zero-order chi connectivity index (χ0) is 15.4. The smallest absolute Gasteiger partial charge is 0.162 e. The molecule has 116 valence electrons. The molecular formula is C16H24N2O3. The van der Waals surface area contributed by atoms with Gasteiger partial charge in [0.25, 0.3) is 0 Å². The van der Waals surface area contributed by atoms with Crippen molar-refractivity contribution in [3.05, 3.63) is 17.7 Å². The zero-order valence-electron chi connectivity index (χ0n) is 13.3. The van der Waals surface area contributed by atoms with Crippen LogP contribution in [-0.2, 0) is 0 Å². The lowest BCUT2D eigenvalue weighted by molar-refractivity contribution is 0.112. The van der Waals surface area contributed by atoms with Crippen molar-refractivity contribution in [2.24, 2.45) is 0 Å². The van der Waals surface area contributed by atoms with Gasteiger partial charge in [-0.15, -0.1) is 0 Å². The molecule has 0 bridgehead atoms. The number of aldehydes is 1. The van der Waals surface area contributed by atoms with Crippen molar-refractivity contribution >= 4 is 12.0 Å². The Morgan fingerprint density at radius 2 is 1.71 bits per heavy atom. The maximum absolute atomic E-state index is 11.4. The van der Waals surface area contributed by atoms with E-state index in [9.17, 15) is 4.79 Å². The Morgan fingerprint density at radius 1 is 1.14 bits per heavy atom. The predicted octanol–water partition coefficient (Wildman–Crippen LogP) is 2.05. The van der Waals surface area contributed by atoms with E-state index in [1.165, 1.54) is 0 Å². The second-order valence-corrected chi connectivity index (χ2v) is 5.57. The van der Waals surface area contributed by atoms with Crippen LogP contribution in [0, 0.1) is 0 Å². The first-order chi connectivity index (χ1) is 10.1. The highest BCUT2D eigenvalue weighted by Gasteiger charge is 2.23.